The summed E-state index contributed by atoms with van der Waals surface area (Å²) < 4.78 is 91.2. The maximum Gasteiger partial charge on any atom is 0.294 e. The predicted octanol–water partition coefficient (Wildman–Crippen LogP) is 8.59. The summed E-state index contributed by atoms with van der Waals surface area (Å²) in [7, 11) is -11.8. The molecule has 14 heteroatoms. The van der Waals surface area contributed by atoms with Gasteiger partial charge in [-0.2, -0.15) is 8.42 Å². The highest BCUT2D eigenvalue weighted by Gasteiger charge is 2.26. The van der Waals surface area contributed by atoms with E-state index in [9.17, 15) is 29.8 Å². The molecule has 0 fully saturated rings. The molecule has 0 radical (unpaired) electrons. The van der Waals surface area contributed by atoms with Crippen molar-refractivity contribution < 1.29 is 29.8 Å². The van der Waals surface area contributed by atoms with Gasteiger partial charge in [-0.15, -0.1) is 0 Å². The highest BCUT2D eigenvalue weighted by atomic mass is 32.2. The van der Waals surface area contributed by atoms with E-state index >= 15 is 0 Å². The summed E-state index contributed by atoms with van der Waals surface area (Å²) in [5.41, 5.74) is 5.43. The second kappa shape index (κ2) is 19.2. The summed E-state index contributed by atoms with van der Waals surface area (Å²) in [6, 6.07) is 35.7. The normalized spacial score (nSPS) is 12.2. The third kappa shape index (κ3) is 10.7. The maximum atomic E-state index is 12.7. The second-order valence-electron chi connectivity index (χ2n) is 13.6. The molecular weight excluding hydrogens is 781 g/mol. The van der Waals surface area contributed by atoms with Crippen molar-refractivity contribution in [2.24, 2.45) is 0 Å². The fourth-order valence-electron chi connectivity index (χ4n) is 6.80. The zero-order chi connectivity index (χ0) is 41.2. The van der Waals surface area contributed by atoms with Crippen LogP contribution < -0.4 is 19.2 Å². The highest BCUT2D eigenvalue weighted by molar-refractivity contribution is 7.89. The van der Waals surface area contributed by atoms with Crippen molar-refractivity contribution in [1.29, 1.82) is 0 Å². The molecule has 0 aliphatic rings. The van der Waals surface area contributed by atoms with Crippen molar-refractivity contribution in [2.45, 2.75) is 74.0 Å². The molecule has 0 aromatic heterocycles. The Hall–Kier alpha value is -4.57. The highest BCUT2D eigenvalue weighted by Crippen LogP contribution is 2.39. The van der Waals surface area contributed by atoms with Gasteiger partial charge in [0.25, 0.3) is 10.1 Å². The number of nitrogens with zero attached hydrogens (tertiary/aromatic N) is 2. The molecule has 0 heterocycles. The zero-order valence-corrected chi connectivity index (χ0v) is 35.2. The number of hydrogen-bond acceptors (Lipinski definition) is 8. The van der Waals surface area contributed by atoms with E-state index in [1.165, 1.54) is 6.07 Å². The van der Waals surface area contributed by atoms with E-state index in [2.05, 4.69) is 33.1 Å². The van der Waals surface area contributed by atoms with Crippen LogP contribution in [0.3, 0.4) is 0 Å². The van der Waals surface area contributed by atoms with E-state index in [1.54, 1.807) is 80.6 Å². The molecule has 0 aliphatic heterocycles. The molecule has 5 rings (SSSR count). The molecule has 0 amide bonds. The topological polar surface area (TPSA) is 153 Å². The number of nitrogens with one attached hydrogen (secondary N) is 2. The minimum Gasteiger partial charge on any atom is -0.341 e. The molecule has 0 saturated heterocycles. The van der Waals surface area contributed by atoms with Gasteiger partial charge in [-0.1, -0.05) is 83.0 Å². The number of benzene rings is 5. The molecule has 0 bridgehead atoms. The summed E-state index contributed by atoms with van der Waals surface area (Å²) >= 11 is 0. The minimum atomic E-state index is -4.58. The van der Waals surface area contributed by atoms with Crippen LogP contribution in [0.25, 0.3) is 0 Å². The average Bonchev–Trinajstić information content (AvgIpc) is 3.19. The lowest BCUT2D eigenvalue weighted by molar-refractivity contribution is 0.482. The van der Waals surface area contributed by atoms with E-state index in [0.717, 1.165) is 59.6 Å². The average molecular weight is 833 g/mol. The SMILES string of the molecule is CCCCN(c1ccc(C(c2ccc(N(CCCC)c3ccc(S(=O)(=O)NCC)cc3)cc2)c2ccccc2S(=O)(=O)O)cc1)c1ccc(S(=O)(=O)NCC)cc1. The summed E-state index contributed by atoms with van der Waals surface area (Å²) in [5.74, 6) is -0.578. The Balaban J connectivity index is 1.55. The van der Waals surface area contributed by atoms with Gasteiger partial charge in [0.05, 0.1) is 14.7 Å². The fourth-order valence-corrected chi connectivity index (χ4v) is 9.62. The van der Waals surface area contributed by atoms with E-state index in [-0.39, 0.29) is 27.8 Å². The van der Waals surface area contributed by atoms with Gasteiger partial charge in [-0.25, -0.2) is 26.3 Å². The third-order valence-corrected chi connectivity index (χ3v) is 13.7. The first kappa shape index (κ1) is 43.6. The third-order valence-electron chi connectivity index (χ3n) is 9.64. The molecule has 0 atom stereocenters. The van der Waals surface area contributed by atoms with Gasteiger partial charge >= 0.3 is 0 Å². The number of rotatable bonds is 20. The summed E-state index contributed by atoms with van der Waals surface area (Å²) in [6.45, 7) is 9.63. The lowest BCUT2D eigenvalue weighted by atomic mass is 9.85. The van der Waals surface area contributed by atoms with Crippen molar-refractivity contribution in [3.8, 4) is 0 Å². The van der Waals surface area contributed by atoms with Gasteiger partial charge in [-0.05, 0) is 108 Å². The van der Waals surface area contributed by atoms with Gasteiger partial charge in [0.2, 0.25) is 20.0 Å². The number of anilines is 4. The molecule has 0 saturated carbocycles. The van der Waals surface area contributed by atoms with Gasteiger partial charge < -0.3 is 9.80 Å². The summed E-state index contributed by atoms with van der Waals surface area (Å²) in [5, 5.41) is 0. The summed E-state index contributed by atoms with van der Waals surface area (Å²) in [4.78, 5) is 4.44. The van der Waals surface area contributed by atoms with Crippen LogP contribution in [0, 0.1) is 0 Å². The Bertz CT molecular complexity index is 2270. The van der Waals surface area contributed by atoms with E-state index in [1.807, 2.05) is 48.5 Å². The molecule has 11 nitrogen and oxygen atoms in total. The molecule has 304 valence electrons. The Morgan fingerprint density at radius 2 is 0.860 bits per heavy atom. The minimum absolute atomic E-state index is 0.183. The molecule has 0 spiro atoms. The fraction of sp³-hybridized carbons (Fsp3) is 0.302. The monoisotopic (exact) mass is 832 g/mol. The van der Waals surface area contributed by atoms with Crippen LogP contribution in [0.5, 0.6) is 0 Å². The molecule has 57 heavy (non-hydrogen) atoms. The van der Waals surface area contributed by atoms with Crippen LogP contribution in [0.15, 0.2) is 136 Å². The zero-order valence-electron chi connectivity index (χ0n) is 32.8. The van der Waals surface area contributed by atoms with E-state index < -0.39 is 36.1 Å². The van der Waals surface area contributed by atoms with Gasteiger partial charge in [0.1, 0.15) is 0 Å². The van der Waals surface area contributed by atoms with Crippen LogP contribution in [0.2, 0.25) is 0 Å². The first-order valence-corrected chi connectivity index (χ1v) is 23.7. The Morgan fingerprint density at radius 1 is 0.509 bits per heavy atom. The number of sulfonamides is 2. The Labute approximate surface area is 338 Å². The first-order chi connectivity index (χ1) is 27.2. The number of hydrogen-bond donors (Lipinski definition) is 3. The van der Waals surface area contributed by atoms with Crippen LogP contribution in [0.4, 0.5) is 22.7 Å². The number of unbranched alkanes of at least 4 members (excludes halogenated alkanes) is 2. The molecule has 3 N–H and O–H groups in total. The summed E-state index contributed by atoms with van der Waals surface area (Å²) in [6.07, 6.45) is 3.69. The molecular formula is C43H52N4O7S3. The van der Waals surface area contributed by atoms with Crippen molar-refractivity contribution in [3.63, 3.8) is 0 Å². The Morgan fingerprint density at radius 3 is 1.19 bits per heavy atom. The van der Waals surface area contributed by atoms with E-state index in [0.29, 0.717) is 18.7 Å². The molecule has 0 unspecified atom stereocenters. The van der Waals surface area contributed by atoms with Crippen molar-refractivity contribution in [2.75, 3.05) is 36.0 Å². The van der Waals surface area contributed by atoms with Gasteiger partial charge in [-0.3, -0.25) is 4.55 Å². The van der Waals surface area contributed by atoms with Crippen molar-refractivity contribution in [3.05, 3.63) is 138 Å². The quantitative estimate of drug-likeness (QED) is 0.0517. The van der Waals surface area contributed by atoms with Crippen LogP contribution >= 0.6 is 0 Å². The lowest BCUT2D eigenvalue weighted by Crippen LogP contribution is -2.23. The van der Waals surface area contributed by atoms with Gasteiger partial charge in [0.15, 0.2) is 0 Å². The van der Waals surface area contributed by atoms with E-state index in [4.69, 9.17) is 0 Å². The van der Waals surface area contributed by atoms with Gasteiger partial charge in [0, 0.05) is 54.8 Å². The largest absolute Gasteiger partial charge is 0.341 e. The Kier molecular flexibility index (Phi) is 14.7. The lowest BCUT2D eigenvalue weighted by Gasteiger charge is -2.28. The predicted molar refractivity (Wildman–Crippen MR) is 229 cm³/mol. The molecule has 5 aromatic rings. The molecule has 5 aromatic carbocycles. The molecule has 0 aliphatic carbocycles. The second-order valence-corrected chi connectivity index (χ2v) is 18.6. The van der Waals surface area contributed by atoms with Crippen LogP contribution in [-0.4, -0.2) is 56.0 Å². The standard InChI is InChI=1S/C43H52N4O7S3/c1-5-9-31-46(37-23-27-39(28-24-37)55(48,49)44-7-3)35-19-15-33(16-20-35)43(41-13-11-12-14-42(41)57(52,53)54)34-17-21-36(22-18-34)47(32-10-6-2)38-25-29-40(30-26-38)56(50,51)45-8-4/h11-30,43-45H,5-10,31-32H2,1-4H3,(H,52,53,54). The van der Waals surface area contributed by atoms with Crippen molar-refractivity contribution in [1.82, 2.24) is 9.44 Å². The van der Waals surface area contributed by atoms with Crippen LogP contribution in [-0.2, 0) is 30.2 Å². The van der Waals surface area contributed by atoms with Crippen LogP contribution in [0.1, 0.15) is 76.0 Å². The maximum absolute atomic E-state index is 12.7. The first-order valence-electron chi connectivity index (χ1n) is 19.2. The smallest absolute Gasteiger partial charge is 0.294 e. The van der Waals surface area contributed by atoms with Crippen molar-refractivity contribution >= 4 is 52.9 Å².